The highest BCUT2D eigenvalue weighted by Gasteiger charge is 2.37. The standard InChI is InChI=1S/C18H18N4O5S2/c1-18(2,3)27-17(26)22-6-4-21(5-7-22)16(25)10-8-9-13(23)11-12(20-29-19-11)14(24)15(9)28-10/h8H,4-7H2,1-3H3. The van der Waals surface area contributed by atoms with Gasteiger partial charge < -0.3 is 14.5 Å². The Kier molecular flexibility index (Phi) is 4.74. The molecule has 2 aromatic heterocycles. The molecule has 2 aromatic rings. The second-order valence-electron chi connectivity index (χ2n) is 7.73. The zero-order valence-corrected chi connectivity index (χ0v) is 17.7. The van der Waals surface area contributed by atoms with E-state index in [2.05, 4.69) is 8.75 Å². The maximum Gasteiger partial charge on any atom is 0.410 e. The SMILES string of the molecule is CC(C)(C)OC(=O)N1CCN(C(=O)c2cc3c(s2)C(=O)c2nsnc2C3=O)CC1. The predicted molar refractivity (Wildman–Crippen MR) is 105 cm³/mol. The summed E-state index contributed by atoms with van der Waals surface area (Å²) < 4.78 is 13.2. The highest BCUT2D eigenvalue weighted by molar-refractivity contribution is 7.16. The van der Waals surface area contributed by atoms with Crippen molar-refractivity contribution in [2.24, 2.45) is 0 Å². The molecule has 1 fully saturated rings. The first-order chi connectivity index (χ1) is 13.7. The molecule has 1 saturated heterocycles. The third-order valence-electron chi connectivity index (χ3n) is 4.53. The van der Waals surface area contributed by atoms with Crippen molar-refractivity contribution in [3.8, 4) is 0 Å². The Hall–Kier alpha value is -2.66. The van der Waals surface area contributed by atoms with Crippen molar-refractivity contribution in [1.29, 1.82) is 0 Å². The maximum atomic E-state index is 12.9. The summed E-state index contributed by atoms with van der Waals surface area (Å²) in [5.74, 6) is -1.02. The van der Waals surface area contributed by atoms with Crippen LogP contribution in [0.5, 0.6) is 0 Å². The number of amides is 2. The number of hydrogen-bond acceptors (Lipinski definition) is 9. The normalized spacial score (nSPS) is 16.5. The fourth-order valence-corrected chi connectivity index (χ4v) is 4.74. The number of hydrogen-bond donors (Lipinski definition) is 0. The van der Waals surface area contributed by atoms with Gasteiger partial charge in [0.25, 0.3) is 5.91 Å². The molecular weight excluding hydrogens is 416 g/mol. The van der Waals surface area contributed by atoms with Crippen molar-refractivity contribution in [2.75, 3.05) is 26.2 Å². The van der Waals surface area contributed by atoms with E-state index >= 15 is 0 Å². The minimum absolute atomic E-state index is 0.0512. The molecule has 1 aliphatic heterocycles. The molecule has 29 heavy (non-hydrogen) atoms. The molecule has 0 spiro atoms. The Bertz CT molecular complexity index is 979. The average molecular weight is 434 g/mol. The second kappa shape index (κ2) is 6.99. The van der Waals surface area contributed by atoms with Crippen LogP contribution >= 0.6 is 23.1 Å². The van der Waals surface area contributed by atoms with Crippen LogP contribution < -0.4 is 0 Å². The molecule has 0 unspecified atom stereocenters. The zero-order valence-electron chi connectivity index (χ0n) is 16.1. The lowest BCUT2D eigenvalue weighted by molar-refractivity contribution is 0.0141. The number of thiophene rings is 1. The average Bonchev–Trinajstić information content (AvgIpc) is 3.32. The molecule has 2 aliphatic rings. The van der Waals surface area contributed by atoms with Crippen molar-refractivity contribution >= 4 is 46.6 Å². The van der Waals surface area contributed by atoms with Gasteiger partial charge >= 0.3 is 6.09 Å². The van der Waals surface area contributed by atoms with Crippen LogP contribution in [0.15, 0.2) is 6.07 Å². The first kappa shape index (κ1) is 19.6. The van der Waals surface area contributed by atoms with Crippen LogP contribution in [0, 0.1) is 0 Å². The molecule has 3 heterocycles. The largest absolute Gasteiger partial charge is 0.444 e. The van der Waals surface area contributed by atoms with Crippen LogP contribution in [0.25, 0.3) is 0 Å². The Morgan fingerprint density at radius 1 is 1.00 bits per heavy atom. The van der Waals surface area contributed by atoms with Gasteiger partial charge in [0, 0.05) is 31.7 Å². The lowest BCUT2D eigenvalue weighted by Crippen LogP contribution is -2.51. The van der Waals surface area contributed by atoms with Gasteiger partial charge in [0.2, 0.25) is 11.6 Å². The quantitative estimate of drug-likeness (QED) is 0.577. The first-order valence-electron chi connectivity index (χ1n) is 8.98. The van der Waals surface area contributed by atoms with Gasteiger partial charge in [-0.05, 0) is 26.8 Å². The van der Waals surface area contributed by atoms with Crippen molar-refractivity contribution < 1.29 is 23.9 Å². The molecule has 11 heteroatoms. The van der Waals surface area contributed by atoms with E-state index in [0.717, 1.165) is 23.1 Å². The Labute approximate surface area is 174 Å². The van der Waals surface area contributed by atoms with Crippen molar-refractivity contribution in [2.45, 2.75) is 26.4 Å². The Morgan fingerprint density at radius 3 is 2.21 bits per heavy atom. The lowest BCUT2D eigenvalue weighted by atomic mass is 9.97. The van der Waals surface area contributed by atoms with Crippen LogP contribution in [0.4, 0.5) is 4.79 Å². The van der Waals surface area contributed by atoms with Gasteiger partial charge in [-0.2, -0.15) is 8.75 Å². The minimum Gasteiger partial charge on any atom is -0.444 e. The van der Waals surface area contributed by atoms with Crippen molar-refractivity contribution in [1.82, 2.24) is 18.5 Å². The molecule has 0 aromatic carbocycles. The summed E-state index contributed by atoms with van der Waals surface area (Å²) in [7, 11) is 0. The van der Waals surface area contributed by atoms with Gasteiger partial charge in [-0.3, -0.25) is 14.4 Å². The van der Waals surface area contributed by atoms with Crippen LogP contribution in [-0.4, -0.2) is 73.9 Å². The van der Waals surface area contributed by atoms with E-state index in [4.69, 9.17) is 4.74 Å². The monoisotopic (exact) mass is 434 g/mol. The highest BCUT2D eigenvalue weighted by atomic mass is 32.1. The van der Waals surface area contributed by atoms with Crippen molar-refractivity contribution in [3.05, 3.63) is 32.8 Å². The van der Waals surface area contributed by atoms with Crippen LogP contribution in [-0.2, 0) is 4.74 Å². The topological polar surface area (TPSA) is 110 Å². The fraction of sp³-hybridized carbons (Fsp3) is 0.444. The number of fused-ring (bicyclic) bond motifs is 2. The highest BCUT2D eigenvalue weighted by Crippen LogP contribution is 2.33. The summed E-state index contributed by atoms with van der Waals surface area (Å²) in [5, 5.41) is 0. The van der Waals surface area contributed by atoms with Gasteiger partial charge in [-0.15, -0.1) is 11.3 Å². The van der Waals surface area contributed by atoms with E-state index in [1.54, 1.807) is 30.6 Å². The van der Waals surface area contributed by atoms with E-state index in [1.807, 2.05) is 0 Å². The molecule has 152 valence electrons. The van der Waals surface area contributed by atoms with E-state index in [1.165, 1.54) is 6.07 Å². The maximum absolute atomic E-state index is 12.9. The van der Waals surface area contributed by atoms with E-state index in [9.17, 15) is 19.2 Å². The molecule has 1 aliphatic carbocycles. The summed E-state index contributed by atoms with van der Waals surface area (Å²) in [6.07, 6.45) is -0.404. The number of carbonyl (C=O) groups is 4. The minimum atomic E-state index is -0.579. The smallest absolute Gasteiger partial charge is 0.410 e. The molecule has 4 rings (SSSR count). The molecule has 2 amide bonds. The fourth-order valence-electron chi connectivity index (χ4n) is 3.13. The van der Waals surface area contributed by atoms with Gasteiger partial charge in [0.1, 0.15) is 5.60 Å². The van der Waals surface area contributed by atoms with Crippen LogP contribution in [0.1, 0.15) is 61.9 Å². The summed E-state index contributed by atoms with van der Waals surface area (Å²) in [5.41, 5.74) is -0.268. The molecule has 0 N–H and O–H groups in total. The summed E-state index contributed by atoms with van der Waals surface area (Å²) >= 11 is 1.82. The number of ether oxygens (including phenoxy) is 1. The zero-order chi connectivity index (χ0) is 20.9. The molecule has 0 bridgehead atoms. The molecule has 9 nitrogen and oxygen atoms in total. The number of carbonyl (C=O) groups excluding carboxylic acids is 4. The van der Waals surface area contributed by atoms with Gasteiger partial charge in [0.15, 0.2) is 11.4 Å². The summed E-state index contributed by atoms with van der Waals surface area (Å²) in [6.45, 7) is 6.81. The number of piperazine rings is 1. The number of rotatable bonds is 1. The van der Waals surface area contributed by atoms with Crippen LogP contribution in [0.2, 0.25) is 0 Å². The van der Waals surface area contributed by atoms with E-state index in [-0.39, 0.29) is 39.3 Å². The molecule has 0 saturated carbocycles. The van der Waals surface area contributed by atoms with E-state index < -0.39 is 11.7 Å². The third kappa shape index (κ3) is 3.55. The second-order valence-corrected chi connectivity index (χ2v) is 9.31. The Balaban J connectivity index is 1.46. The first-order valence-corrected chi connectivity index (χ1v) is 10.5. The predicted octanol–water partition coefficient (Wildman–Crippen LogP) is 2.07. The number of aromatic nitrogens is 2. The van der Waals surface area contributed by atoms with E-state index in [0.29, 0.717) is 31.1 Å². The molecule has 0 atom stereocenters. The third-order valence-corrected chi connectivity index (χ3v) is 6.18. The van der Waals surface area contributed by atoms with Gasteiger partial charge in [-0.1, -0.05) is 0 Å². The number of ketones is 2. The van der Waals surface area contributed by atoms with Crippen molar-refractivity contribution in [3.63, 3.8) is 0 Å². The molecular formula is C18H18N4O5S2. The lowest BCUT2D eigenvalue weighted by Gasteiger charge is -2.35. The van der Waals surface area contributed by atoms with Crippen LogP contribution in [0.3, 0.4) is 0 Å². The summed E-state index contributed by atoms with van der Waals surface area (Å²) in [4.78, 5) is 53.9. The van der Waals surface area contributed by atoms with Gasteiger partial charge in [-0.25, -0.2) is 4.79 Å². The Morgan fingerprint density at radius 2 is 1.59 bits per heavy atom. The van der Waals surface area contributed by atoms with Gasteiger partial charge in [0.05, 0.1) is 21.5 Å². The summed E-state index contributed by atoms with van der Waals surface area (Å²) in [6, 6.07) is 1.46. The molecule has 0 radical (unpaired) electrons. The number of nitrogens with zero attached hydrogens (tertiary/aromatic N) is 4.